The number of aliphatic hydroxyl groups excluding tert-OH is 1. The van der Waals surface area contributed by atoms with E-state index in [9.17, 15) is 5.11 Å². The lowest BCUT2D eigenvalue weighted by atomic mass is 10.1. The molecule has 1 N–H and O–H groups in total. The second kappa shape index (κ2) is 6.14. The minimum atomic E-state index is -0.148. The van der Waals surface area contributed by atoms with Gasteiger partial charge in [0, 0.05) is 16.4 Å². The number of halogens is 1. The first-order valence-corrected chi connectivity index (χ1v) is 5.80. The number of hydrogen-bond acceptors (Lipinski definition) is 2. The topological polar surface area (TPSA) is 33.1 Å². The Kier molecular flexibility index (Phi) is 5.12. The van der Waals surface area contributed by atoms with Gasteiger partial charge < -0.3 is 5.11 Å². The average Bonchev–Trinajstić information content (AvgIpc) is 2.21. The third kappa shape index (κ3) is 4.20. The maximum Gasteiger partial charge on any atom is 0.0537 e. The minimum Gasteiger partial charge on any atom is -0.393 e. The van der Waals surface area contributed by atoms with E-state index in [1.807, 2.05) is 25.3 Å². The van der Waals surface area contributed by atoms with Gasteiger partial charge in [-0.25, -0.2) is 0 Å². The Morgan fingerprint density at radius 2 is 2.29 bits per heavy atom. The molecule has 1 atom stereocenters. The number of aryl methyl sites for hydroxylation is 1. The molecule has 3 heteroatoms. The molecule has 1 heterocycles. The first-order valence-electron chi connectivity index (χ1n) is 5.01. The Balaban J connectivity index is 2.28. The van der Waals surface area contributed by atoms with Crippen LogP contribution in [0.25, 0.3) is 0 Å². The number of nitrogens with zero attached hydrogens (tertiary/aromatic N) is 1. The molecule has 0 amide bonds. The van der Waals surface area contributed by atoms with Crippen LogP contribution in [0, 0.1) is 0 Å². The molecule has 0 fully saturated rings. The second-order valence-corrected chi connectivity index (χ2v) is 4.34. The van der Waals surface area contributed by atoms with E-state index < -0.39 is 0 Å². The Morgan fingerprint density at radius 1 is 1.50 bits per heavy atom. The van der Waals surface area contributed by atoms with Crippen LogP contribution in [-0.4, -0.2) is 16.2 Å². The van der Waals surface area contributed by atoms with Crippen LogP contribution in [0.5, 0.6) is 0 Å². The van der Waals surface area contributed by atoms with E-state index in [0.29, 0.717) is 0 Å². The Morgan fingerprint density at radius 3 is 2.86 bits per heavy atom. The van der Waals surface area contributed by atoms with Crippen molar-refractivity contribution in [2.24, 2.45) is 0 Å². The number of aliphatic hydroxyl groups is 1. The van der Waals surface area contributed by atoms with Crippen molar-refractivity contribution in [3.8, 4) is 0 Å². The highest BCUT2D eigenvalue weighted by Gasteiger charge is 2.01. The fourth-order valence-electron chi connectivity index (χ4n) is 1.28. The van der Waals surface area contributed by atoms with Gasteiger partial charge in [0.1, 0.15) is 0 Å². The molecule has 78 valence electrons. The van der Waals surface area contributed by atoms with Gasteiger partial charge in [-0.05, 0) is 53.7 Å². The van der Waals surface area contributed by atoms with Crippen LogP contribution in [-0.2, 0) is 6.42 Å². The van der Waals surface area contributed by atoms with Crippen molar-refractivity contribution < 1.29 is 5.11 Å². The molecule has 14 heavy (non-hydrogen) atoms. The van der Waals surface area contributed by atoms with Gasteiger partial charge in [0.2, 0.25) is 0 Å². The summed E-state index contributed by atoms with van der Waals surface area (Å²) in [6.45, 7) is 2.00. The molecule has 1 rings (SSSR count). The highest BCUT2D eigenvalue weighted by Crippen LogP contribution is 2.10. The van der Waals surface area contributed by atoms with Gasteiger partial charge >= 0.3 is 0 Å². The second-order valence-electron chi connectivity index (χ2n) is 3.42. The van der Waals surface area contributed by atoms with Gasteiger partial charge in [-0.1, -0.05) is 6.92 Å². The zero-order valence-corrected chi connectivity index (χ0v) is 10.00. The van der Waals surface area contributed by atoms with E-state index in [2.05, 4.69) is 20.9 Å². The van der Waals surface area contributed by atoms with Crippen LogP contribution in [0.2, 0.25) is 0 Å². The van der Waals surface area contributed by atoms with Gasteiger partial charge in [-0.2, -0.15) is 0 Å². The standard InChI is InChI=1S/C11H16BrNO/c1-2-11(14)5-3-4-10-7-6-9(12)8-13-10/h6-8,11,14H,2-5H2,1H3. The van der Waals surface area contributed by atoms with E-state index in [1.54, 1.807) is 0 Å². The highest BCUT2D eigenvalue weighted by molar-refractivity contribution is 9.10. The largest absolute Gasteiger partial charge is 0.393 e. The fourth-order valence-corrected chi connectivity index (χ4v) is 1.51. The molecule has 1 aromatic heterocycles. The van der Waals surface area contributed by atoms with E-state index in [-0.39, 0.29) is 6.10 Å². The van der Waals surface area contributed by atoms with Crippen molar-refractivity contribution in [2.45, 2.75) is 38.7 Å². The summed E-state index contributed by atoms with van der Waals surface area (Å²) in [6.07, 6.45) is 5.33. The van der Waals surface area contributed by atoms with E-state index in [1.165, 1.54) is 0 Å². The van der Waals surface area contributed by atoms with Crippen molar-refractivity contribution in [3.05, 3.63) is 28.5 Å². The number of rotatable bonds is 5. The van der Waals surface area contributed by atoms with Crippen LogP contribution in [0.4, 0.5) is 0 Å². The number of aromatic nitrogens is 1. The SMILES string of the molecule is CCC(O)CCCc1ccc(Br)cn1. The molecule has 0 saturated carbocycles. The maximum atomic E-state index is 9.35. The smallest absolute Gasteiger partial charge is 0.0537 e. The van der Waals surface area contributed by atoms with Crippen molar-refractivity contribution in [1.29, 1.82) is 0 Å². The van der Waals surface area contributed by atoms with Gasteiger partial charge in [-0.15, -0.1) is 0 Å². The molecule has 2 nitrogen and oxygen atoms in total. The van der Waals surface area contributed by atoms with Crippen LogP contribution in [0.3, 0.4) is 0 Å². The third-order valence-electron chi connectivity index (χ3n) is 2.23. The molecule has 1 unspecified atom stereocenters. The minimum absolute atomic E-state index is 0.148. The maximum absolute atomic E-state index is 9.35. The van der Waals surface area contributed by atoms with Crippen molar-refractivity contribution in [2.75, 3.05) is 0 Å². The van der Waals surface area contributed by atoms with Crippen molar-refractivity contribution in [3.63, 3.8) is 0 Å². The number of pyridine rings is 1. The zero-order valence-electron chi connectivity index (χ0n) is 8.41. The van der Waals surface area contributed by atoms with Crippen molar-refractivity contribution in [1.82, 2.24) is 4.98 Å². The van der Waals surface area contributed by atoms with Crippen LogP contribution >= 0.6 is 15.9 Å². The lowest BCUT2D eigenvalue weighted by molar-refractivity contribution is 0.157. The van der Waals surface area contributed by atoms with Gasteiger partial charge in [0.15, 0.2) is 0 Å². The summed E-state index contributed by atoms with van der Waals surface area (Å²) in [5.74, 6) is 0. The summed E-state index contributed by atoms with van der Waals surface area (Å²) >= 11 is 3.35. The summed E-state index contributed by atoms with van der Waals surface area (Å²) in [5.41, 5.74) is 1.09. The van der Waals surface area contributed by atoms with E-state index in [4.69, 9.17) is 0 Å². The molecule has 0 spiro atoms. The van der Waals surface area contributed by atoms with Crippen LogP contribution in [0.15, 0.2) is 22.8 Å². The van der Waals surface area contributed by atoms with Gasteiger partial charge in [0.25, 0.3) is 0 Å². The Bertz CT molecular complexity index is 260. The van der Waals surface area contributed by atoms with E-state index >= 15 is 0 Å². The summed E-state index contributed by atoms with van der Waals surface area (Å²) in [7, 11) is 0. The molecule has 0 aliphatic rings. The molecule has 0 radical (unpaired) electrons. The quantitative estimate of drug-likeness (QED) is 0.880. The lowest BCUT2D eigenvalue weighted by Crippen LogP contribution is -2.04. The molecule has 1 aromatic rings. The third-order valence-corrected chi connectivity index (χ3v) is 2.70. The Labute approximate surface area is 93.5 Å². The average molecular weight is 258 g/mol. The zero-order chi connectivity index (χ0) is 10.4. The summed E-state index contributed by atoms with van der Waals surface area (Å²) in [5, 5.41) is 9.35. The highest BCUT2D eigenvalue weighted by atomic mass is 79.9. The first kappa shape index (κ1) is 11.7. The lowest BCUT2D eigenvalue weighted by Gasteiger charge is -2.06. The molecular formula is C11H16BrNO. The normalized spacial score (nSPS) is 12.8. The first-order chi connectivity index (χ1) is 6.72. The Hall–Kier alpha value is -0.410. The summed E-state index contributed by atoms with van der Waals surface area (Å²) in [6, 6.07) is 4.01. The molecule has 0 aromatic carbocycles. The van der Waals surface area contributed by atoms with Crippen LogP contribution in [0.1, 0.15) is 31.9 Å². The van der Waals surface area contributed by atoms with Crippen molar-refractivity contribution >= 4 is 15.9 Å². The monoisotopic (exact) mass is 257 g/mol. The summed E-state index contributed by atoms with van der Waals surface area (Å²) < 4.78 is 1.01. The van der Waals surface area contributed by atoms with E-state index in [0.717, 1.165) is 35.8 Å². The summed E-state index contributed by atoms with van der Waals surface area (Å²) in [4.78, 5) is 4.27. The molecular weight excluding hydrogens is 242 g/mol. The fraction of sp³-hybridized carbons (Fsp3) is 0.545. The molecule has 0 aliphatic carbocycles. The molecule has 0 bridgehead atoms. The molecule has 0 aliphatic heterocycles. The predicted molar refractivity (Wildman–Crippen MR) is 61.2 cm³/mol. The predicted octanol–water partition coefficient (Wildman–Crippen LogP) is 2.94. The van der Waals surface area contributed by atoms with Crippen LogP contribution < -0.4 is 0 Å². The molecule has 0 saturated heterocycles. The van der Waals surface area contributed by atoms with Gasteiger partial charge in [0.05, 0.1) is 6.10 Å². The number of hydrogen-bond donors (Lipinski definition) is 1. The van der Waals surface area contributed by atoms with Gasteiger partial charge in [-0.3, -0.25) is 4.98 Å².